The van der Waals surface area contributed by atoms with E-state index >= 15 is 0 Å². The highest BCUT2D eigenvalue weighted by molar-refractivity contribution is 5.74. The van der Waals surface area contributed by atoms with Crippen LogP contribution in [0.4, 0.5) is 4.39 Å². The molecule has 0 aliphatic heterocycles. The zero-order valence-electron chi connectivity index (χ0n) is 17.0. The van der Waals surface area contributed by atoms with Crippen molar-refractivity contribution in [3.63, 3.8) is 0 Å². The molecule has 0 saturated heterocycles. The summed E-state index contributed by atoms with van der Waals surface area (Å²) in [5.41, 5.74) is -0.627. The van der Waals surface area contributed by atoms with E-state index in [-0.39, 0.29) is 23.5 Å². The van der Waals surface area contributed by atoms with Gasteiger partial charge < -0.3 is 9.84 Å². The Kier molecular flexibility index (Phi) is 6.04. The Hall–Kier alpha value is -2.71. The third-order valence-electron chi connectivity index (χ3n) is 4.99. The number of carbonyl (C=O) groups is 1. The number of halogens is 1. The summed E-state index contributed by atoms with van der Waals surface area (Å²) in [7, 11) is 0. The number of benzene rings is 1. The van der Waals surface area contributed by atoms with Gasteiger partial charge in [0.15, 0.2) is 0 Å². The van der Waals surface area contributed by atoms with Crippen molar-refractivity contribution < 1.29 is 19.0 Å². The maximum atomic E-state index is 13.4. The Bertz CT molecular complexity index is 926. The number of aromatic nitrogens is 1. The van der Waals surface area contributed by atoms with Crippen LogP contribution < -0.4 is 0 Å². The summed E-state index contributed by atoms with van der Waals surface area (Å²) in [4.78, 5) is 16.9. The predicted molar refractivity (Wildman–Crippen MR) is 108 cm³/mol. The SMILES string of the molecule is CC(C)(C)OC(=O)[C@@H]1CCC(O)(C#Cc2cc(F)ccn2)C[C@H]1c1ccccc1. The van der Waals surface area contributed by atoms with Gasteiger partial charge in [0.25, 0.3) is 0 Å². The molecule has 152 valence electrons. The van der Waals surface area contributed by atoms with Gasteiger partial charge in [0.05, 0.1) is 5.92 Å². The first-order chi connectivity index (χ1) is 13.7. The van der Waals surface area contributed by atoms with Crippen LogP contribution in [-0.2, 0) is 9.53 Å². The van der Waals surface area contributed by atoms with Gasteiger partial charge in [-0.25, -0.2) is 9.37 Å². The van der Waals surface area contributed by atoms with E-state index in [0.717, 1.165) is 5.56 Å². The van der Waals surface area contributed by atoms with Gasteiger partial charge in [-0.05, 0) is 57.6 Å². The largest absolute Gasteiger partial charge is 0.460 e. The zero-order chi connectivity index (χ0) is 21.1. The van der Waals surface area contributed by atoms with Crippen LogP contribution >= 0.6 is 0 Å². The molecule has 1 unspecified atom stereocenters. The summed E-state index contributed by atoms with van der Waals surface area (Å²) in [6.07, 6.45) is 2.43. The van der Waals surface area contributed by atoms with Gasteiger partial charge in [0.1, 0.15) is 22.7 Å². The Balaban J connectivity index is 1.87. The summed E-state index contributed by atoms with van der Waals surface area (Å²) in [6, 6.07) is 12.1. The standard InChI is InChI=1S/C24H26FNO3/c1-23(2,3)29-22(27)20-10-13-24(28,12-9-19-15-18(25)11-14-26-19)16-21(20)17-7-5-4-6-8-17/h4-8,11,14-15,20-21,28H,10,13,16H2,1-3H3/t20-,21+,24?/m1/s1. The van der Waals surface area contributed by atoms with E-state index in [1.165, 1.54) is 18.3 Å². The average Bonchev–Trinajstić information content (AvgIpc) is 2.66. The summed E-state index contributed by atoms with van der Waals surface area (Å²) in [5.74, 6) is 4.40. The van der Waals surface area contributed by atoms with E-state index in [2.05, 4.69) is 16.8 Å². The Morgan fingerprint density at radius 3 is 2.66 bits per heavy atom. The topological polar surface area (TPSA) is 59.4 Å². The van der Waals surface area contributed by atoms with Gasteiger partial charge in [-0.2, -0.15) is 0 Å². The molecule has 1 aliphatic rings. The van der Waals surface area contributed by atoms with E-state index in [1.807, 2.05) is 51.1 Å². The van der Waals surface area contributed by atoms with Crippen molar-refractivity contribution >= 4 is 5.97 Å². The molecule has 0 radical (unpaired) electrons. The molecule has 1 fully saturated rings. The predicted octanol–water partition coefficient (Wildman–Crippen LogP) is 4.23. The number of nitrogens with zero attached hydrogens (tertiary/aromatic N) is 1. The maximum Gasteiger partial charge on any atom is 0.310 e. The second-order valence-electron chi connectivity index (χ2n) is 8.54. The van der Waals surface area contributed by atoms with Crippen LogP contribution in [0.25, 0.3) is 0 Å². The number of aliphatic hydroxyl groups is 1. The van der Waals surface area contributed by atoms with Gasteiger partial charge in [-0.3, -0.25) is 4.79 Å². The van der Waals surface area contributed by atoms with Crippen molar-refractivity contribution in [3.8, 4) is 11.8 Å². The van der Waals surface area contributed by atoms with Crippen LogP contribution in [0.1, 0.15) is 57.2 Å². The molecular weight excluding hydrogens is 369 g/mol. The molecule has 0 amide bonds. The van der Waals surface area contributed by atoms with E-state index in [1.54, 1.807) is 0 Å². The van der Waals surface area contributed by atoms with Crippen LogP contribution in [0.15, 0.2) is 48.7 Å². The van der Waals surface area contributed by atoms with Crippen molar-refractivity contribution in [3.05, 3.63) is 65.7 Å². The van der Waals surface area contributed by atoms with Crippen LogP contribution in [0.3, 0.4) is 0 Å². The smallest absolute Gasteiger partial charge is 0.310 e. The molecule has 5 heteroatoms. The maximum absolute atomic E-state index is 13.4. The number of carbonyl (C=O) groups excluding carboxylic acids is 1. The first-order valence-corrected chi connectivity index (χ1v) is 9.80. The fraction of sp³-hybridized carbons (Fsp3) is 0.417. The molecule has 1 saturated carbocycles. The van der Waals surface area contributed by atoms with Crippen molar-refractivity contribution in [1.82, 2.24) is 4.98 Å². The highest BCUT2D eigenvalue weighted by Gasteiger charge is 2.43. The summed E-state index contributed by atoms with van der Waals surface area (Å²) in [5, 5.41) is 11.1. The molecule has 4 nitrogen and oxygen atoms in total. The lowest BCUT2D eigenvalue weighted by Crippen LogP contribution is -2.41. The molecule has 1 aromatic carbocycles. The highest BCUT2D eigenvalue weighted by Crippen LogP contribution is 2.43. The summed E-state index contributed by atoms with van der Waals surface area (Å²) < 4.78 is 19.0. The van der Waals surface area contributed by atoms with Crippen molar-refractivity contribution in [2.75, 3.05) is 0 Å². The van der Waals surface area contributed by atoms with Crippen molar-refractivity contribution in [2.45, 2.75) is 57.2 Å². The third kappa shape index (κ3) is 5.65. The van der Waals surface area contributed by atoms with Crippen LogP contribution in [0.2, 0.25) is 0 Å². The lowest BCUT2D eigenvalue weighted by molar-refractivity contribution is -0.163. The molecule has 3 atom stereocenters. The first-order valence-electron chi connectivity index (χ1n) is 9.80. The van der Waals surface area contributed by atoms with E-state index in [0.29, 0.717) is 19.3 Å². The Morgan fingerprint density at radius 1 is 1.28 bits per heavy atom. The normalized spacial score (nSPS) is 24.3. The summed E-state index contributed by atoms with van der Waals surface area (Å²) >= 11 is 0. The van der Waals surface area contributed by atoms with Crippen LogP contribution in [-0.4, -0.2) is 27.3 Å². The molecule has 2 aromatic rings. The lowest BCUT2D eigenvalue weighted by atomic mass is 9.69. The number of esters is 1. The second-order valence-corrected chi connectivity index (χ2v) is 8.54. The monoisotopic (exact) mass is 395 g/mol. The van der Waals surface area contributed by atoms with Gasteiger partial charge in [-0.15, -0.1) is 0 Å². The van der Waals surface area contributed by atoms with Crippen molar-refractivity contribution in [2.24, 2.45) is 5.92 Å². The number of rotatable bonds is 2. The number of hydrogen-bond donors (Lipinski definition) is 1. The first kappa shape index (κ1) is 21.0. The van der Waals surface area contributed by atoms with Gasteiger partial charge in [0, 0.05) is 18.2 Å². The second kappa shape index (κ2) is 8.34. The molecule has 1 aliphatic carbocycles. The Morgan fingerprint density at radius 2 is 2.00 bits per heavy atom. The third-order valence-corrected chi connectivity index (χ3v) is 4.99. The molecule has 0 bridgehead atoms. The molecule has 1 N–H and O–H groups in total. The van der Waals surface area contributed by atoms with E-state index in [9.17, 15) is 14.3 Å². The fourth-order valence-electron chi connectivity index (χ4n) is 3.68. The van der Waals surface area contributed by atoms with Gasteiger partial charge in [-0.1, -0.05) is 36.3 Å². The minimum atomic E-state index is -1.28. The molecular formula is C24H26FNO3. The van der Waals surface area contributed by atoms with Crippen molar-refractivity contribution in [1.29, 1.82) is 0 Å². The van der Waals surface area contributed by atoms with Gasteiger partial charge in [0.2, 0.25) is 0 Å². The zero-order valence-corrected chi connectivity index (χ0v) is 17.0. The van der Waals surface area contributed by atoms with Gasteiger partial charge >= 0.3 is 5.97 Å². The number of ether oxygens (including phenoxy) is 1. The van der Waals surface area contributed by atoms with E-state index in [4.69, 9.17) is 4.74 Å². The number of hydrogen-bond acceptors (Lipinski definition) is 4. The molecule has 1 heterocycles. The molecule has 3 rings (SSSR count). The number of pyridine rings is 1. The lowest BCUT2D eigenvalue weighted by Gasteiger charge is -2.39. The van der Waals surface area contributed by atoms with E-state index < -0.39 is 17.0 Å². The van der Waals surface area contributed by atoms with Crippen LogP contribution in [0.5, 0.6) is 0 Å². The Labute approximate surface area is 171 Å². The minimum Gasteiger partial charge on any atom is -0.460 e. The summed E-state index contributed by atoms with van der Waals surface area (Å²) in [6.45, 7) is 5.54. The fourth-order valence-corrected chi connectivity index (χ4v) is 3.68. The average molecular weight is 395 g/mol. The molecule has 29 heavy (non-hydrogen) atoms. The quantitative estimate of drug-likeness (QED) is 0.611. The van der Waals surface area contributed by atoms with Crippen LogP contribution in [0, 0.1) is 23.6 Å². The highest BCUT2D eigenvalue weighted by atomic mass is 19.1. The minimum absolute atomic E-state index is 0.223. The molecule has 1 aromatic heterocycles. The molecule has 0 spiro atoms.